The second-order valence-corrected chi connectivity index (χ2v) is 4.90. The van der Waals surface area contributed by atoms with Gasteiger partial charge in [0, 0.05) is 31.7 Å². The van der Waals surface area contributed by atoms with Gasteiger partial charge in [0.05, 0.1) is 19.6 Å². The van der Waals surface area contributed by atoms with Crippen LogP contribution in [0.3, 0.4) is 0 Å². The first kappa shape index (κ1) is 15.3. The molecule has 0 bridgehead atoms. The van der Waals surface area contributed by atoms with E-state index in [9.17, 15) is 9.59 Å². The molecule has 1 saturated heterocycles. The molecule has 1 amide bonds. The lowest BCUT2D eigenvalue weighted by Crippen LogP contribution is -2.37. The number of amides is 1. The number of nitrogens with zero attached hydrogens (tertiary/aromatic N) is 1. The van der Waals surface area contributed by atoms with E-state index in [1.165, 1.54) is 0 Å². The number of carbonyl (C=O) groups excluding carboxylic acids is 1. The largest absolute Gasteiger partial charge is 0.481 e. The van der Waals surface area contributed by atoms with Crippen molar-refractivity contribution >= 4 is 17.6 Å². The van der Waals surface area contributed by atoms with Crippen molar-refractivity contribution < 1.29 is 19.4 Å². The normalized spacial score (nSPS) is 14.8. The van der Waals surface area contributed by atoms with Gasteiger partial charge in [-0.15, -0.1) is 0 Å². The predicted octanol–water partition coefficient (Wildman–Crippen LogP) is 1.00. The van der Waals surface area contributed by atoms with Crippen molar-refractivity contribution in [1.29, 1.82) is 0 Å². The Morgan fingerprint density at radius 3 is 2.62 bits per heavy atom. The average Bonchev–Trinajstić information content (AvgIpc) is 2.52. The minimum atomic E-state index is -0.959. The first-order valence-corrected chi connectivity index (χ1v) is 7.06. The van der Waals surface area contributed by atoms with Crippen molar-refractivity contribution in [3.63, 3.8) is 0 Å². The molecule has 2 rings (SSSR count). The van der Waals surface area contributed by atoms with Crippen LogP contribution in [0.1, 0.15) is 18.4 Å². The van der Waals surface area contributed by atoms with Crippen molar-refractivity contribution in [3.05, 3.63) is 29.8 Å². The van der Waals surface area contributed by atoms with Gasteiger partial charge in [-0.05, 0) is 11.6 Å². The summed E-state index contributed by atoms with van der Waals surface area (Å²) in [6.45, 7) is 3.50. The molecule has 0 saturated carbocycles. The van der Waals surface area contributed by atoms with E-state index < -0.39 is 5.97 Å². The molecule has 1 aliphatic rings. The number of ether oxygens (including phenoxy) is 1. The van der Waals surface area contributed by atoms with E-state index in [1.54, 1.807) is 0 Å². The lowest BCUT2D eigenvalue weighted by atomic mass is 10.1. The number of morpholine rings is 1. The van der Waals surface area contributed by atoms with Crippen molar-refractivity contribution in [2.24, 2.45) is 0 Å². The Labute approximate surface area is 123 Å². The number of nitrogens with one attached hydrogen (secondary N) is 1. The van der Waals surface area contributed by atoms with Crippen LogP contribution < -0.4 is 10.2 Å². The highest BCUT2D eigenvalue weighted by Gasteiger charge is 2.14. The van der Waals surface area contributed by atoms with Crippen LogP contribution >= 0.6 is 0 Å². The van der Waals surface area contributed by atoms with Gasteiger partial charge >= 0.3 is 5.97 Å². The zero-order valence-electron chi connectivity index (χ0n) is 11.9. The molecule has 0 unspecified atom stereocenters. The summed E-state index contributed by atoms with van der Waals surface area (Å²) in [6, 6.07) is 7.91. The van der Waals surface area contributed by atoms with Gasteiger partial charge in [-0.3, -0.25) is 9.59 Å². The van der Waals surface area contributed by atoms with Gasteiger partial charge in [-0.2, -0.15) is 0 Å². The third-order valence-electron chi connectivity index (χ3n) is 3.39. The van der Waals surface area contributed by atoms with Gasteiger partial charge < -0.3 is 20.1 Å². The van der Waals surface area contributed by atoms with E-state index in [2.05, 4.69) is 10.2 Å². The molecule has 1 aliphatic heterocycles. The third-order valence-corrected chi connectivity index (χ3v) is 3.39. The molecule has 0 aliphatic carbocycles. The highest BCUT2D eigenvalue weighted by molar-refractivity contribution is 5.80. The van der Waals surface area contributed by atoms with Crippen LogP contribution in [0.25, 0.3) is 0 Å². The number of para-hydroxylation sites is 1. The molecule has 0 spiro atoms. The molecule has 21 heavy (non-hydrogen) atoms. The first-order chi connectivity index (χ1) is 10.2. The Hall–Kier alpha value is -2.08. The Kier molecular flexibility index (Phi) is 5.57. The number of hydrogen-bond acceptors (Lipinski definition) is 4. The third kappa shape index (κ3) is 4.75. The zero-order valence-corrected chi connectivity index (χ0v) is 11.9. The average molecular weight is 292 g/mol. The minimum absolute atomic E-state index is 0.00898. The van der Waals surface area contributed by atoms with E-state index >= 15 is 0 Å². The van der Waals surface area contributed by atoms with Gasteiger partial charge in [0.25, 0.3) is 0 Å². The van der Waals surface area contributed by atoms with Gasteiger partial charge in [0.1, 0.15) is 0 Å². The summed E-state index contributed by atoms with van der Waals surface area (Å²) in [5, 5.41) is 11.3. The van der Waals surface area contributed by atoms with Gasteiger partial charge in [-0.1, -0.05) is 18.2 Å². The maximum Gasteiger partial charge on any atom is 0.303 e. The number of aliphatic carboxylic acids is 1. The minimum Gasteiger partial charge on any atom is -0.481 e. The fourth-order valence-electron chi connectivity index (χ4n) is 2.28. The molecule has 1 heterocycles. The summed E-state index contributed by atoms with van der Waals surface area (Å²) in [4.78, 5) is 24.3. The van der Waals surface area contributed by atoms with Crippen LogP contribution in [0, 0.1) is 0 Å². The SMILES string of the molecule is O=C(O)CCC(=O)NCc1ccccc1N1CCOCC1. The number of rotatable bonds is 6. The summed E-state index contributed by atoms with van der Waals surface area (Å²) in [5.41, 5.74) is 2.13. The van der Waals surface area contributed by atoms with E-state index in [0.29, 0.717) is 19.8 Å². The Morgan fingerprint density at radius 1 is 1.19 bits per heavy atom. The summed E-state index contributed by atoms with van der Waals surface area (Å²) in [5.74, 6) is -1.20. The second-order valence-electron chi connectivity index (χ2n) is 4.90. The number of benzene rings is 1. The molecule has 6 nitrogen and oxygen atoms in total. The fourth-order valence-corrected chi connectivity index (χ4v) is 2.28. The van der Waals surface area contributed by atoms with Crippen molar-refractivity contribution in [2.45, 2.75) is 19.4 Å². The van der Waals surface area contributed by atoms with Crippen LogP contribution in [0.2, 0.25) is 0 Å². The molecule has 0 radical (unpaired) electrons. The van der Waals surface area contributed by atoms with Crippen LogP contribution in [-0.4, -0.2) is 43.3 Å². The lowest BCUT2D eigenvalue weighted by Gasteiger charge is -2.30. The van der Waals surface area contributed by atoms with Crippen molar-refractivity contribution in [3.8, 4) is 0 Å². The Bertz CT molecular complexity index is 498. The van der Waals surface area contributed by atoms with Gasteiger partial charge in [-0.25, -0.2) is 0 Å². The molecule has 1 fully saturated rings. The first-order valence-electron chi connectivity index (χ1n) is 7.06. The molecule has 1 aromatic rings. The maximum absolute atomic E-state index is 11.6. The predicted molar refractivity (Wildman–Crippen MR) is 78.2 cm³/mol. The monoisotopic (exact) mass is 292 g/mol. The Balaban J connectivity index is 1.93. The molecule has 114 valence electrons. The molecule has 6 heteroatoms. The van der Waals surface area contributed by atoms with E-state index in [0.717, 1.165) is 24.3 Å². The number of carbonyl (C=O) groups is 2. The summed E-state index contributed by atoms with van der Waals surface area (Å²) < 4.78 is 5.35. The van der Waals surface area contributed by atoms with Crippen LogP contribution in [0.4, 0.5) is 5.69 Å². The summed E-state index contributed by atoms with van der Waals surface area (Å²) in [7, 11) is 0. The number of anilines is 1. The highest BCUT2D eigenvalue weighted by atomic mass is 16.5. The topological polar surface area (TPSA) is 78.9 Å². The highest BCUT2D eigenvalue weighted by Crippen LogP contribution is 2.21. The van der Waals surface area contributed by atoms with Crippen molar-refractivity contribution in [2.75, 3.05) is 31.2 Å². The molecule has 0 atom stereocenters. The van der Waals surface area contributed by atoms with Gasteiger partial charge in [0.15, 0.2) is 0 Å². The number of carboxylic acid groups (broad SMARTS) is 1. The van der Waals surface area contributed by atoms with Gasteiger partial charge in [0.2, 0.25) is 5.91 Å². The molecular formula is C15H20N2O4. The van der Waals surface area contributed by atoms with E-state index in [-0.39, 0.29) is 18.7 Å². The summed E-state index contributed by atoms with van der Waals surface area (Å²) >= 11 is 0. The zero-order chi connectivity index (χ0) is 15.1. The fraction of sp³-hybridized carbons (Fsp3) is 0.467. The van der Waals surface area contributed by atoms with E-state index in [4.69, 9.17) is 9.84 Å². The number of carboxylic acids is 1. The summed E-state index contributed by atoms with van der Waals surface area (Å²) in [6.07, 6.45) is -0.133. The maximum atomic E-state index is 11.6. The molecule has 2 N–H and O–H groups in total. The van der Waals surface area contributed by atoms with Crippen LogP contribution in [0.5, 0.6) is 0 Å². The molecule has 1 aromatic carbocycles. The number of hydrogen-bond donors (Lipinski definition) is 2. The van der Waals surface area contributed by atoms with E-state index in [1.807, 2.05) is 24.3 Å². The Morgan fingerprint density at radius 2 is 1.90 bits per heavy atom. The lowest BCUT2D eigenvalue weighted by molar-refractivity contribution is -0.138. The quantitative estimate of drug-likeness (QED) is 0.818. The van der Waals surface area contributed by atoms with Crippen LogP contribution in [-0.2, 0) is 20.9 Å². The molecular weight excluding hydrogens is 272 g/mol. The smallest absolute Gasteiger partial charge is 0.303 e. The van der Waals surface area contributed by atoms with Crippen molar-refractivity contribution in [1.82, 2.24) is 5.32 Å². The second kappa shape index (κ2) is 7.64. The molecule has 0 aromatic heterocycles. The standard InChI is InChI=1S/C15H20N2O4/c18-14(5-6-15(19)20)16-11-12-3-1-2-4-13(12)17-7-9-21-10-8-17/h1-4H,5-11H2,(H,16,18)(H,19,20). The van der Waals surface area contributed by atoms with Crippen LogP contribution in [0.15, 0.2) is 24.3 Å².